The van der Waals surface area contributed by atoms with E-state index in [0.29, 0.717) is 5.39 Å². The highest BCUT2D eigenvalue weighted by Crippen LogP contribution is 2.41. The number of carbonyl (C=O) groups excluding carboxylic acids is 2. The highest BCUT2D eigenvalue weighted by Gasteiger charge is 2.32. The van der Waals surface area contributed by atoms with Crippen molar-refractivity contribution in [2.75, 3.05) is 0 Å². The third-order valence-corrected chi connectivity index (χ3v) is 3.01. The van der Waals surface area contributed by atoms with Gasteiger partial charge in [-0.3, -0.25) is 9.59 Å². The van der Waals surface area contributed by atoms with Crippen molar-refractivity contribution in [1.82, 2.24) is 0 Å². The van der Waals surface area contributed by atoms with E-state index in [9.17, 15) is 19.4 Å². The van der Waals surface area contributed by atoms with Crippen molar-refractivity contribution in [1.29, 1.82) is 0 Å². The van der Waals surface area contributed by atoms with E-state index >= 15 is 0 Å². The van der Waals surface area contributed by atoms with E-state index in [-0.39, 0.29) is 27.9 Å². The van der Waals surface area contributed by atoms with Crippen LogP contribution in [0.2, 0.25) is 0 Å². The molecule has 3 rings (SSSR count). The van der Waals surface area contributed by atoms with Crippen molar-refractivity contribution in [3.05, 3.63) is 45.2 Å². The van der Waals surface area contributed by atoms with Crippen molar-refractivity contribution in [2.24, 2.45) is 10.4 Å². The molecule has 0 atom stereocenters. The molecule has 0 aliphatic heterocycles. The third-order valence-electron chi connectivity index (χ3n) is 3.01. The average Bonchev–Trinajstić information content (AvgIpc) is 2.66. The van der Waals surface area contributed by atoms with Crippen molar-refractivity contribution in [3.63, 3.8) is 0 Å². The summed E-state index contributed by atoms with van der Waals surface area (Å²) in [7, 11) is 0. The summed E-state index contributed by atoms with van der Waals surface area (Å²) in [5.74, 6) is -1.29. The number of hydrogen-bond donors (Lipinski definition) is 0. The first-order valence-corrected chi connectivity index (χ1v) is 5.04. The Balaban J connectivity index is 2.62. The minimum Gasteiger partial charge on any atom is -0.285 e. The summed E-state index contributed by atoms with van der Waals surface area (Å²) < 4.78 is 0. The summed E-state index contributed by atoms with van der Waals surface area (Å²) >= 11 is 0. The highest BCUT2D eigenvalue weighted by molar-refractivity contribution is 6.57. The molecule has 0 saturated heterocycles. The number of benzene rings is 2. The standard InChI is InChI=1S/C12H4N2O4/c15-11-5-1-3-7(13-17)10-8(14-18)4-2-6(9(5)10)12(11)16/h1-4H. The van der Waals surface area contributed by atoms with Crippen LogP contribution in [0.4, 0.5) is 11.4 Å². The number of rotatable bonds is 2. The Morgan fingerprint density at radius 3 is 1.50 bits per heavy atom. The van der Waals surface area contributed by atoms with Crippen LogP contribution in [0.3, 0.4) is 0 Å². The van der Waals surface area contributed by atoms with Gasteiger partial charge in [0.25, 0.3) is 0 Å². The molecular weight excluding hydrogens is 236 g/mol. The van der Waals surface area contributed by atoms with Gasteiger partial charge < -0.3 is 0 Å². The summed E-state index contributed by atoms with van der Waals surface area (Å²) in [6, 6.07) is 5.34. The Hall–Kier alpha value is -2.76. The average molecular weight is 240 g/mol. The molecule has 6 heteroatoms. The minimum absolute atomic E-state index is 0.00676. The fourth-order valence-corrected chi connectivity index (χ4v) is 2.23. The smallest absolute Gasteiger partial charge is 0.234 e. The lowest BCUT2D eigenvalue weighted by molar-refractivity contribution is 0.0825. The number of ketones is 2. The number of nitroso groups, excluding NO2 is 2. The topological polar surface area (TPSA) is 93.0 Å². The van der Waals surface area contributed by atoms with Gasteiger partial charge in [-0.15, -0.1) is 9.81 Å². The first-order chi connectivity index (χ1) is 8.69. The van der Waals surface area contributed by atoms with E-state index in [4.69, 9.17) is 0 Å². The predicted molar refractivity (Wildman–Crippen MR) is 63.5 cm³/mol. The molecule has 0 radical (unpaired) electrons. The Morgan fingerprint density at radius 1 is 0.667 bits per heavy atom. The quantitative estimate of drug-likeness (QED) is 0.595. The second-order valence-corrected chi connectivity index (χ2v) is 3.86. The molecule has 0 fully saturated rings. The molecule has 1 aliphatic rings. The van der Waals surface area contributed by atoms with E-state index in [1.807, 2.05) is 0 Å². The van der Waals surface area contributed by atoms with E-state index in [2.05, 4.69) is 10.4 Å². The van der Waals surface area contributed by atoms with Crippen molar-refractivity contribution >= 4 is 33.7 Å². The normalized spacial score (nSPS) is 13.1. The van der Waals surface area contributed by atoms with Gasteiger partial charge in [0.1, 0.15) is 11.4 Å². The van der Waals surface area contributed by atoms with Gasteiger partial charge >= 0.3 is 0 Å². The van der Waals surface area contributed by atoms with Gasteiger partial charge in [-0.05, 0) is 34.6 Å². The molecule has 86 valence electrons. The van der Waals surface area contributed by atoms with Crippen LogP contribution in [-0.4, -0.2) is 11.6 Å². The van der Waals surface area contributed by atoms with Crippen LogP contribution < -0.4 is 0 Å². The lowest BCUT2D eigenvalue weighted by atomic mass is 10.0. The molecule has 0 N–H and O–H groups in total. The van der Waals surface area contributed by atoms with Crippen LogP contribution in [0, 0.1) is 9.81 Å². The second-order valence-electron chi connectivity index (χ2n) is 3.86. The van der Waals surface area contributed by atoms with E-state index in [0.717, 1.165) is 0 Å². The minimum atomic E-state index is -0.643. The fraction of sp³-hybridized carbons (Fsp3) is 0. The molecule has 0 amide bonds. The molecular formula is C12H4N2O4. The molecule has 2 aromatic carbocycles. The van der Waals surface area contributed by atoms with E-state index in [1.165, 1.54) is 24.3 Å². The van der Waals surface area contributed by atoms with Crippen LogP contribution in [0.25, 0.3) is 10.8 Å². The van der Waals surface area contributed by atoms with E-state index < -0.39 is 11.6 Å². The maximum Gasteiger partial charge on any atom is 0.234 e. The van der Waals surface area contributed by atoms with Gasteiger partial charge in [-0.2, -0.15) is 0 Å². The van der Waals surface area contributed by atoms with Crippen molar-refractivity contribution in [3.8, 4) is 0 Å². The van der Waals surface area contributed by atoms with Crippen molar-refractivity contribution in [2.45, 2.75) is 0 Å². The molecule has 1 aliphatic carbocycles. The first-order valence-electron chi connectivity index (χ1n) is 5.04. The number of hydrogen-bond acceptors (Lipinski definition) is 6. The lowest BCUT2D eigenvalue weighted by Gasteiger charge is -2.03. The molecule has 0 saturated carbocycles. The van der Waals surface area contributed by atoms with Crippen LogP contribution in [0.15, 0.2) is 34.6 Å². The zero-order chi connectivity index (χ0) is 12.9. The summed E-state index contributed by atoms with van der Waals surface area (Å²) in [6.07, 6.45) is 0. The largest absolute Gasteiger partial charge is 0.285 e. The molecule has 0 heterocycles. The second kappa shape index (κ2) is 3.36. The van der Waals surface area contributed by atoms with Gasteiger partial charge in [-0.25, -0.2) is 0 Å². The summed E-state index contributed by atoms with van der Waals surface area (Å²) in [5, 5.41) is 6.04. The Morgan fingerprint density at radius 2 is 1.11 bits per heavy atom. The number of nitrogens with zero attached hydrogens (tertiary/aromatic N) is 2. The Bertz CT molecular complexity index is 704. The van der Waals surface area contributed by atoms with Crippen LogP contribution in [-0.2, 0) is 0 Å². The molecule has 6 nitrogen and oxygen atoms in total. The zero-order valence-electron chi connectivity index (χ0n) is 8.84. The number of carbonyl (C=O) groups is 2. The lowest BCUT2D eigenvalue weighted by Crippen LogP contribution is -2.05. The van der Waals surface area contributed by atoms with Gasteiger partial charge in [0.2, 0.25) is 11.6 Å². The van der Waals surface area contributed by atoms with Crippen LogP contribution in [0.1, 0.15) is 20.7 Å². The van der Waals surface area contributed by atoms with Crippen LogP contribution in [0.5, 0.6) is 0 Å². The van der Waals surface area contributed by atoms with Crippen LogP contribution >= 0.6 is 0 Å². The Kier molecular flexibility index (Phi) is 1.94. The molecule has 0 aromatic heterocycles. The molecule has 0 bridgehead atoms. The molecule has 2 aromatic rings. The maximum atomic E-state index is 11.7. The number of Topliss-reactive ketones (excluding diaryl/α,β-unsaturated/α-hetero) is 2. The zero-order valence-corrected chi connectivity index (χ0v) is 8.84. The van der Waals surface area contributed by atoms with Gasteiger partial charge in [0.15, 0.2) is 0 Å². The van der Waals surface area contributed by atoms with Gasteiger partial charge in [-0.1, -0.05) is 0 Å². The first kappa shape index (κ1) is 10.4. The monoisotopic (exact) mass is 240 g/mol. The summed E-state index contributed by atoms with van der Waals surface area (Å²) in [4.78, 5) is 44.9. The SMILES string of the molecule is O=Nc1ccc2c3c(ccc(N=O)c13)C(=O)C2=O. The third kappa shape index (κ3) is 1.06. The fourth-order valence-electron chi connectivity index (χ4n) is 2.23. The molecule has 18 heavy (non-hydrogen) atoms. The van der Waals surface area contributed by atoms with Crippen molar-refractivity contribution < 1.29 is 9.59 Å². The maximum absolute atomic E-state index is 11.7. The summed E-state index contributed by atoms with van der Waals surface area (Å²) in [5.41, 5.74) is 0.353. The molecule has 0 spiro atoms. The highest BCUT2D eigenvalue weighted by atomic mass is 16.3. The predicted octanol–water partition coefficient (Wildman–Crippen LogP) is 3.01. The Labute approximate surface area is 99.5 Å². The molecule has 0 unspecified atom stereocenters. The summed E-state index contributed by atoms with van der Waals surface area (Å²) in [6.45, 7) is 0. The van der Waals surface area contributed by atoms with E-state index in [1.54, 1.807) is 0 Å². The van der Waals surface area contributed by atoms with Gasteiger partial charge in [0, 0.05) is 21.9 Å². The van der Waals surface area contributed by atoms with Gasteiger partial charge in [0.05, 0.1) is 0 Å².